The molecule has 0 amide bonds. The zero-order valence-corrected chi connectivity index (χ0v) is 28.4. The number of nitrogens with zero attached hydrogens (tertiary/aromatic N) is 3. The summed E-state index contributed by atoms with van der Waals surface area (Å²) in [6.07, 6.45) is 0. The molecule has 0 radical (unpaired) electrons. The first-order chi connectivity index (χ1) is 25.8. The van der Waals surface area contributed by atoms with E-state index in [1.165, 1.54) is 66.4 Å². The summed E-state index contributed by atoms with van der Waals surface area (Å²) in [6.45, 7) is 0.114. The minimum absolute atomic E-state index is 0.114. The molecule has 4 heteroatoms. The summed E-state index contributed by atoms with van der Waals surface area (Å²) in [5.74, 6) is 0. The van der Waals surface area contributed by atoms with Gasteiger partial charge in [0.25, 0.3) is 6.71 Å². The van der Waals surface area contributed by atoms with Gasteiger partial charge in [0, 0.05) is 56.1 Å². The SMILES string of the molecule is c1ccc(N(c2ccccc2)c2ccc(-c3cc4c5c(c3)-n3c6ccccc6c6cccc(c63)B5c3ccccc3N4c3ccccc3)cc2)cc1. The Balaban J connectivity index is 1.17. The average Bonchev–Trinajstić information content (AvgIpc) is 3.56. The summed E-state index contributed by atoms with van der Waals surface area (Å²) < 4.78 is 2.54. The Morgan fingerprint density at radius 1 is 0.404 bits per heavy atom. The average molecular weight is 662 g/mol. The first-order valence-corrected chi connectivity index (χ1v) is 18.0. The van der Waals surface area contributed by atoms with Gasteiger partial charge in [-0.15, -0.1) is 0 Å². The highest BCUT2D eigenvalue weighted by Crippen LogP contribution is 2.43. The van der Waals surface area contributed by atoms with Crippen LogP contribution in [0.2, 0.25) is 0 Å². The van der Waals surface area contributed by atoms with E-state index in [-0.39, 0.29) is 6.71 Å². The number of anilines is 6. The van der Waals surface area contributed by atoms with Crippen molar-refractivity contribution in [1.82, 2.24) is 4.57 Å². The fraction of sp³-hybridized carbons (Fsp3) is 0. The van der Waals surface area contributed by atoms with Gasteiger partial charge in [-0.25, -0.2) is 0 Å². The van der Waals surface area contributed by atoms with Crippen molar-refractivity contribution in [2.75, 3.05) is 9.80 Å². The molecule has 0 aliphatic carbocycles. The number of fused-ring (bicyclic) bond motifs is 7. The van der Waals surface area contributed by atoms with Crippen LogP contribution in [-0.4, -0.2) is 11.3 Å². The number of benzene rings is 8. The summed E-state index contributed by atoms with van der Waals surface area (Å²) in [4.78, 5) is 4.80. The van der Waals surface area contributed by atoms with Gasteiger partial charge >= 0.3 is 0 Å². The molecule has 11 rings (SSSR count). The van der Waals surface area contributed by atoms with Crippen LogP contribution >= 0.6 is 0 Å². The molecule has 9 aromatic rings. The third-order valence-corrected chi connectivity index (χ3v) is 10.9. The minimum Gasteiger partial charge on any atom is -0.311 e. The molecule has 52 heavy (non-hydrogen) atoms. The fourth-order valence-electron chi connectivity index (χ4n) is 8.79. The van der Waals surface area contributed by atoms with Crippen LogP contribution in [-0.2, 0) is 0 Å². The Morgan fingerprint density at radius 3 is 1.73 bits per heavy atom. The highest BCUT2D eigenvalue weighted by Gasteiger charge is 2.42. The molecule has 8 aromatic carbocycles. The number of para-hydroxylation sites is 6. The van der Waals surface area contributed by atoms with E-state index in [0.717, 1.165) is 22.7 Å². The predicted octanol–water partition coefficient (Wildman–Crippen LogP) is 10.5. The molecular weight excluding hydrogens is 629 g/mol. The van der Waals surface area contributed by atoms with E-state index in [9.17, 15) is 0 Å². The number of aromatic nitrogens is 1. The van der Waals surface area contributed by atoms with Crippen molar-refractivity contribution in [2.45, 2.75) is 0 Å². The van der Waals surface area contributed by atoms with Gasteiger partial charge in [-0.1, -0.05) is 121 Å². The zero-order chi connectivity index (χ0) is 34.2. The number of hydrogen-bond acceptors (Lipinski definition) is 2. The van der Waals surface area contributed by atoms with E-state index in [2.05, 4.69) is 208 Å². The maximum absolute atomic E-state index is 2.54. The maximum Gasteiger partial charge on any atom is 0.252 e. The Labute approximate surface area is 303 Å². The Bertz CT molecular complexity index is 2750. The second-order valence-electron chi connectivity index (χ2n) is 13.7. The molecule has 242 valence electrons. The second kappa shape index (κ2) is 11.4. The molecule has 0 spiro atoms. The summed E-state index contributed by atoms with van der Waals surface area (Å²) in [5.41, 5.74) is 17.2. The molecule has 2 aliphatic heterocycles. The number of hydrogen-bond donors (Lipinski definition) is 0. The van der Waals surface area contributed by atoms with Crippen molar-refractivity contribution >= 4 is 79.0 Å². The smallest absolute Gasteiger partial charge is 0.252 e. The Morgan fingerprint density at radius 2 is 0.981 bits per heavy atom. The molecular formula is C48H32BN3. The summed E-state index contributed by atoms with van der Waals surface area (Å²) in [6, 6.07) is 70.8. The molecule has 0 unspecified atom stereocenters. The second-order valence-corrected chi connectivity index (χ2v) is 13.7. The van der Waals surface area contributed by atoms with Crippen LogP contribution in [0.4, 0.5) is 34.1 Å². The quantitative estimate of drug-likeness (QED) is 0.170. The first kappa shape index (κ1) is 29.0. The third kappa shape index (κ3) is 4.21. The van der Waals surface area contributed by atoms with Crippen LogP contribution in [0.25, 0.3) is 38.6 Å². The van der Waals surface area contributed by atoms with Crippen LogP contribution in [0.1, 0.15) is 0 Å². The maximum atomic E-state index is 2.54. The molecule has 0 saturated carbocycles. The first-order valence-electron chi connectivity index (χ1n) is 18.0. The molecule has 1 aromatic heterocycles. The Hall–Kier alpha value is -6.78. The largest absolute Gasteiger partial charge is 0.311 e. The van der Waals surface area contributed by atoms with E-state index in [1.54, 1.807) is 0 Å². The van der Waals surface area contributed by atoms with E-state index in [1.807, 2.05) is 0 Å². The summed E-state index contributed by atoms with van der Waals surface area (Å²) in [5, 5.41) is 2.59. The van der Waals surface area contributed by atoms with Gasteiger partial charge < -0.3 is 14.4 Å². The lowest BCUT2D eigenvalue weighted by Crippen LogP contribution is -2.60. The van der Waals surface area contributed by atoms with Crippen LogP contribution in [0.5, 0.6) is 0 Å². The molecule has 0 fully saturated rings. The van der Waals surface area contributed by atoms with Crippen LogP contribution in [0.15, 0.2) is 194 Å². The fourth-order valence-corrected chi connectivity index (χ4v) is 8.79. The van der Waals surface area contributed by atoms with E-state index >= 15 is 0 Å². The van der Waals surface area contributed by atoms with Crippen LogP contribution in [0, 0.1) is 0 Å². The molecule has 2 aliphatic rings. The lowest BCUT2D eigenvalue weighted by atomic mass is 9.33. The van der Waals surface area contributed by atoms with Gasteiger partial charge in [0.15, 0.2) is 0 Å². The van der Waals surface area contributed by atoms with Gasteiger partial charge in [-0.2, -0.15) is 0 Å². The lowest BCUT2D eigenvalue weighted by Gasteiger charge is -2.40. The van der Waals surface area contributed by atoms with Crippen molar-refractivity contribution in [3.8, 4) is 16.8 Å². The molecule has 3 heterocycles. The topological polar surface area (TPSA) is 11.4 Å². The van der Waals surface area contributed by atoms with Gasteiger partial charge in [-0.3, -0.25) is 0 Å². The van der Waals surface area contributed by atoms with E-state index < -0.39 is 0 Å². The zero-order valence-electron chi connectivity index (χ0n) is 28.4. The van der Waals surface area contributed by atoms with Crippen LogP contribution < -0.4 is 26.2 Å². The number of rotatable bonds is 5. The molecule has 3 nitrogen and oxygen atoms in total. The monoisotopic (exact) mass is 661 g/mol. The summed E-state index contributed by atoms with van der Waals surface area (Å²) in [7, 11) is 0. The lowest BCUT2D eigenvalue weighted by molar-refractivity contribution is 1.18. The molecule has 0 atom stereocenters. The third-order valence-electron chi connectivity index (χ3n) is 10.9. The van der Waals surface area contributed by atoms with E-state index in [4.69, 9.17) is 0 Å². The van der Waals surface area contributed by atoms with Gasteiger partial charge in [-0.05, 0) is 100 Å². The van der Waals surface area contributed by atoms with Crippen molar-refractivity contribution in [1.29, 1.82) is 0 Å². The van der Waals surface area contributed by atoms with Gasteiger partial charge in [0.05, 0.1) is 5.52 Å². The van der Waals surface area contributed by atoms with Crippen molar-refractivity contribution in [3.63, 3.8) is 0 Å². The van der Waals surface area contributed by atoms with E-state index in [0.29, 0.717) is 0 Å². The van der Waals surface area contributed by atoms with Crippen LogP contribution in [0.3, 0.4) is 0 Å². The van der Waals surface area contributed by atoms with Gasteiger partial charge in [0.2, 0.25) is 0 Å². The molecule has 0 N–H and O–H groups in total. The van der Waals surface area contributed by atoms with Gasteiger partial charge in [0.1, 0.15) is 0 Å². The Kier molecular flexibility index (Phi) is 6.35. The molecule has 0 saturated heterocycles. The minimum atomic E-state index is 0.114. The predicted molar refractivity (Wildman–Crippen MR) is 220 cm³/mol. The van der Waals surface area contributed by atoms with Crippen molar-refractivity contribution in [3.05, 3.63) is 194 Å². The normalized spacial score (nSPS) is 12.5. The van der Waals surface area contributed by atoms with Crippen molar-refractivity contribution in [2.24, 2.45) is 0 Å². The molecule has 0 bridgehead atoms. The highest BCUT2D eigenvalue weighted by molar-refractivity contribution is 7.00. The van der Waals surface area contributed by atoms with Crippen molar-refractivity contribution < 1.29 is 0 Å². The highest BCUT2D eigenvalue weighted by atomic mass is 15.2. The summed E-state index contributed by atoms with van der Waals surface area (Å²) >= 11 is 0. The standard InChI is InChI=1S/C48H32BN3/c1-4-15-35(16-5-1)50(36-17-6-2-7-18-36)38-29-27-33(28-30-38)34-31-45-47-46(32-34)52-43-25-12-10-21-39(43)40-22-14-24-42(48(40)52)49(47)41-23-11-13-26-44(41)51(45)37-19-8-3-9-20-37/h1-32H.